The van der Waals surface area contributed by atoms with E-state index in [9.17, 15) is 15.0 Å². The Kier molecular flexibility index (Phi) is 3.87. The molecule has 1 aromatic rings. The molecule has 1 amide bonds. The molecule has 1 aliphatic heterocycles. The molecule has 18 heavy (non-hydrogen) atoms. The van der Waals surface area contributed by atoms with Gasteiger partial charge in [-0.25, -0.2) is 0 Å². The number of carbonyl (C=O) groups is 1. The van der Waals surface area contributed by atoms with E-state index in [-0.39, 0.29) is 0 Å². The second-order valence-corrected chi connectivity index (χ2v) is 3.97. The fraction of sp³-hybridized carbons (Fsp3) is 0.455. The minimum absolute atomic E-state index is 0.315. The molecule has 1 saturated heterocycles. The largest absolute Gasteiger partial charge is 0.394 e. The molecule has 2 rings (SSSR count). The Balaban J connectivity index is 2.00. The molecule has 1 aromatic heterocycles. The van der Waals surface area contributed by atoms with Crippen LogP contribution in [0.5, 0.6) is 0 Å². The smallest absolute Gasteiger partial charge is 0.254 e. The van der Waals surface area contributed by atoms with Gasteiger partial charge >= 0.3 is 0 Å². The second kappa shape index (κ2) is 5.40. The topological polar surface area (TPSA) is 112 Å². The van der Waals surface area contributed by atoms with Gasteiger partial charge in [-0.15, -0.1) is 0 Å². The summed E-state index contributed by atoms with van der Waals surface area (Å²) in [5.41, 5.74) is 0.315. The number of nitrogens with one attached hydrogen (secondary N) is 1. The van der Waals surface area contributed by atoms with Gasteiger partial charge < -0.3 is 25.4 Å². The number of hydrogen-bond acceptors (Lipinski definition) is 6. The maximum Gasteiger partial charge on any atom is 0.254 e. The summed E-state index contributed by atoms with van der Waals surface area (Å²) in [5.74, 6) is -0.474. The van der Waals surface area contributed by atoms with Gasteiger partial charge in [0.25, 0.3) is 5.91 Å². The van der Waals surface area contributed by atoms with Gasteiger partial charge in [0.2, 0.25) is 0 Å². The summed E-state index contributed by atoms with van der Waals surface area (Å²) in [6.45, 7) is -0.433. The Morgan fingerprint density at radius 1 is 1.44 bits per heavy atom. The van der Waals surface area contributed by atoms with Crippen molar-refractivity contribution in [2.24, 2.45) is 0 Å². The van der Waals surface area contributed by atoms with Crippen molar-refractivity contribution in [2.75, 3.05) is 6.61 Å². The Labute approximate surface area is 103 Å². The lowest BCUT2D eigenvalue weighted by atomic mass is 10.1. The minimum atomic E-state index is -1.28. The molecular weight excluding hydrogens is 240 g/mol. The first kappa shape index (κ1) is 12.9. The molecule has 0 aromatic carbocycles. The third-order valence-corrected chi connectivity index (χ3v) is 2.74. The zero-order chi connectivity index (χ0) is 13.1. The van der Waals surface area contributed by atoms with Gasteiger partial charge in [-0.2, -0.15) is 0 Å². The number of ether oxygens (including phenoxy) is 1. The molecule has 1 aliphatic rings. The summed E-state index contributed by atoms with van der Waals surface area (Å²) in [7, 11) is 0. The zero-order valence-electron chi connectivity index (χ0n) is 9.43. The van der Waals surface area contributed by atoms with Crippen LogP contribution in [0, 0.1) is 0 Å². The van der Waals surface area contributed by atoms with Crippen molar-refractivity contribution in [1.29, 1.82) is 0 Å². The molecule has 1 fully saturated rings. The molecule has 7 nitrogen and oxygen atoms in total. The highest BCUT2D eigenvalue weighted by molar-refractivity contribution is 5.93. The molecule has 7 heteroatoms. The van der Waals surface area contributed by atoms with Crippen molar-refractivity contribution in [3.8, 4) is 0 Å². The normalized spacial score (nSPS) is 31.3. The predicted octanol–water partition coefficient (Wildman–Crippen LogP) is -1.75. The van der Waals surface area contributed by atoms with E-state index in [4.69, 9.17) is 9.84 Å². The molecule has 0 spiro atoms. The average Bonchev–Trinajstić information content (AvgIpc) is 2.67. The molecule has 98 valence electrons. The number of aliphatic hydroxyl groups is 3. The first-order valence-electron chi connectivity index (χ1n) is 5.47. The minimum Gasteiger partial charge on any atom is -0.394 e. The van der Waals surface area contributed by atoms with E-state index in [1.54, 1.807) is 12.1 Å². The summed E-state index contributed by atoms with van der Waals surface area (Å²) in [4.78, 5) is 15.6. The molecule has 4 atom stereocenters. The van der Waals surface area contributed by atoms with E-state index in [1.807, 2.05) is 0 Å². The Morgan fingerprint density at radius 3 is 2.78 bits per heavy atom. The van der Waals surface area contributed by atoms with Gasteiger partial charge in [-0.05, 0) is 12.1 Å². The van der Waals surface area contributed by atoms with E-state index in [0.717, 1.165) is 0 Å². The summed E-state index contributed by atoms with van der Waals surface area (Å²) in [6.07, 6.45) is -1.55. The standard InChI is InChI=1S/C11H14N2O5/c14-5-7-8(15)9(16)11(18-7)13-10(17)6-2-1-3-12-4-6/h1-4,7-9,11,14-16H,5H2,(H,13,17)/t7-,8-,9-,11?/m1/s1. The number of rotatable bonds is 3. The van der Waals surface area contributed by atoms with E-state index < -0.39 is 37.1 Å². The quantitative estimate of drug-likeness (QED) is 0.509. The predicted molar refractivity (Wildman–Crippen MR) is 59.5 cm³/mol. The molecule has 1 unspecified atom stereocenters. The van der Waals surface area contributed by atoms with Crippen LogP contribution in [0.15, 0.2) is 24.5 Å². The number of aromatic nitrogens is 1. The van der Waals surface area contributed by atoms with Crippen LogP contribution >= 0.6 is 0 Å². The van der Waals surface area contributed by atoms with Crippen molar-refractivity contribution in [1.82, 2.24) is 10.3 Å². The van der Waals surface area contributed by atoms with Crippen LogP contribution in [0.3, 0.4) is 0 Å². The third-order valence-electron chi connectivity index (χ3n) is 2.74. The molecule has 0 aliphatic carbocycles. The number of hydrogen-bond donors (Lipinski definition) is 4. The number of nitrogens with zero attached hydrogens (tertiary/aromatic N) is 1. The van der Waals surface area contributed by atoms with Crippen LogP contribution in [-0.2, 0) is 4.74 Å². The number of carbonyl (C=O) groups excluding carboxylic acids is 1. The number of aliphatic hydroxyl groups excluding tert-OH is 3. The van der Waals surface area contributed by atoms with Crippen LogP contribution < -0.4 is 5.32 Å². The molecule has 0 bridgehead atoms. The number of amides is 1. The summed E-state index contributed by atoms with van der Waals surface area (Å²) in [5, 5.41) is 30.5. The summed E-state index contributed by atoms with van der Waals surface area (Å²) in [6, 6.07) is 3.16. The maximum absolute atomic E-state index is 11.8. The number of pyridine rings is 1. The first-order valence-corrected chi connectivity index (χ1v) is 5.47. The summed E-state index contributed by atoms with van der Waals surface area (Å²) < 4.78 is 5.12. The van der Waals surface area contributed by atoms with Crippen LogP contribution in [0.1, 0.15) is 10.4 Å². The van der Waals surface area contributed by atoms with Crippen LogP contribution in [-0.4, -0.2) is 57.4 Å². The van der Waals surface area contributed by atoms with E-state index in [0.29, 0.717) is 5.56 Å². The van der Waals surface area contributed by atoms with Crippen molar-refractivity contribution in [2.45, 2.75) is 24.5 Å². The van der Waals surface area contributed by atoms with Gasteiger partial charge in [0.1, 0.15) is 18.3 Å². The van der Waals surface area contributed by atoms with Crippen molar-refractivity contribution in [3.05, 3.63) is 30.1 Å². The Hall–Kier alpha value is -1.54. The lowest BCUT2D eigenvalue weighted by molar-refractivity contribution is -0.0304. The maximum atomic E-state index is 11.8. The zero-order valence-corrected chi connectivity index (χ0v) is 9.43. The lowest BCUT2D eigenvalue weighted by Crippen LogP contribution is -2.43. The fourth-order valence-corrected chi connectivity index (χ4v) is 1.73. The Bertz CT molecular complexity index is 413. The average molecular weight is 254 g/mol. The van der Waals surface area contributed by atoms with Gasteiger partial charge in [0.15, 0.2) is 6.23 Å². The van der Waals surface area contributed by atoms with Gasteiger partial charge in [-0.1, -0.05) is 0 Å². The highest BCUT2D eigenvalue weighted by atomic mass is 16.6. The van der Waals surface area contributed by atoms with Gasteiger partial charge in [0, 0.05) is 12.4 Å². The van der Waals surface area contributed by atoms with Crippen molar-refractivity contribution >= 4 is 5.91 Å². The van der Waals surface area contributed by atoms with E-state index >= 15 is 0 Å². The van der Waals surface area contributed by atoms with Crippen molar-refractivity contribution in [3.63, 3.8) is 0 Å². The Morgan fingerprint density at radius 2 is 2.22 bits per heavy atom. The first-order chi connectivity index (χ1) is 8.63. The van der Waals surface area contributed by atoms with E-state index in [2.05, 4.69) is 10.3 Å². The highest BCUT2D eigenvalue weighted by Gasteiger charge is 2.43. The fourth-order valence-electron chi connectivity index (χ4n) is 1.73. The van der Waals surface area contributed by atoms with Crippen molar-refractivity contribution < 1.29 is 24.9 Å². The molecule has 4 N–H and O–H groups in total. The monoisotopic (exact) mass is 254 g/mol. The third kappa shape index (κ3) is 2.49. The molecule has 0 saturated carbocycles. The molecule has 0 radical (unpaired) electrons. The van der Waals surface area contributed by atoms with Gasteiger partial charge in [-0.3, -0.25) is 9.78 Å². The van der Waals surface area contributed by atoms with E-state index in [1.165, 1.54) is 12.4 Å². The van der Waals surface area contributed by atoms with Crippen LogP contribution in [0.4, 0.5) is 0 Å². The second-order valence-electron chi connectivity index (χ2n) is 3.97. The van der Waals surface area contributed by atoms with Crippen LogP contribution in [0.2, 0.25) is 0 Å². The highest BCUT2D eigenvalue weighted by Crippen LogP contribution is 2.19. The van der Waals surface area contributed by atoms with Gasteiger partial charge in [0.05, 0.1) is 12.2 Å². The van der Waals surface area contributed by atoms with Crippen LogP contribution in [0.25, 0.3) is 0 Å². The molecular formula is C11H14N2O5. The summed E-state index contributed by atoms with van der Waals surface area (Å²) >= 11 is 0. The molecule has 2 heterocycles. The SMILES string of the molecule is O=C(NC1O[C@H](CO)[C@@H](O)[C@H]1O)c1cccnc1. The lowest BCUT2D eigenvalue weighted by Gasteiger charge is -2.16.